The molecular formula is C20H27N5S. The van der Waals surface area contributed by atoms with E-state index in [0.29, 0.717) is 0 Å². The molecule has 3 aromatic heterocycles. The standard InChI is InChI=1S/C20H27N5S/c1-2-3-9-15-13-7-6-8-14(13)16-17-18(26-20(16)25-15)19(24-12-23-17)22-11-5-4-10-21/h12H,2-11,21H2,1H3,(H,22,23,24). The number of hydrogen-bond donors (Lipinski definition) is 2. The van der Waals surface area contributed by atoms with Gasteiger partial charge in [-0.3, -0.25) is 0 Å². The SMILES string of the molecule is CCCCc1nc2sc3c(NCCCCN)ncnc3c2c2c1CCC2. The molecular weight excluding hydrogens is 342 g/mol. The van der Waals surface area contributed by atoms with E-state index in [2.05, 4.69) is 22.2 Å². The molecule has 5 nitrogen and oxygen atoms in total. The van der Waals surface area contributed by atoms with Crippen molar-refractivity contribution in [1.29, 1.82) is 0 Å². The predicted octanol–water partition coefficient (Wildman–Crippen LogP) is 4.22. The van der Waals surface area contributed by atoms with Crippen LogP contribution in [0.5, 0.6) is 0 Å². The maximum absolute atomic E-state index is 5.59. The van der Waals surface area contributed by atoms with Gasteiger partial charge in [-0.2, -0.15) is 0 Å². The van der Waals surface area contributed by atoms with Gasteiger partial charge in [0.25, 0.3) is 0 Å². The van der Waals surface area contributed by atoms with Crippen LogP contribution in [0.2, 0.25) is 0 Å². The molecule has 0 amide bonds. The summed E-state index contributed by atoms with van der Waals surface area (Å²) in [6.07, 6.45) is 10.9. The van der Waals surface area contributed by atoms with Crippen LogP contribution >= 0.6 is 11.3 Å². The topological polar surface area (TPSA) is 76.7 Å². The van der Waals surface area contributed by atoms with Crippen LogP contribution in [0.3, 0.4) is 0 Å². The zero-order valence-corrected chi connectivity index (χ0v) is 16.3. The third-order valence-electron chi connectivity index (χ3n) is 5.25. The first-order valence-corrected chi connectivity index (χ1v) is 10.7. The number of nitrogens with zero attached hydrogens (tertiary/aromatic N) is 3. The van der Waals surface area contributed by atoms with Crippen LogP contribution in [0.4, 0.5) is 5.82 Å². The number of anilines is 1. The summed E-state index contributed by atoms with van der Waals surface area (Å²) >= 11 is 1.74. The lowest BCUT2D eigenvalue weighted by Crippen LogP contribution is -2.06. The highest BCUT2D eigenvalue weighted by Crippen LogP contribution is 2.41. The number of thiophene rings is 1. The van der Waals surface area contributed by atoms with E-state index in [1.54, 1.807) is 17.7 Å². The van der Waals surface area contributed by atoms with Gasteiger partial charge in [-0.15, -0.1) is 11.3 Å². The third-order valence-corrected chi connectivity index (χ3v) is 6.33. The number of hydrogen-bond acceptors (Lipinski definition) is 6. The van der Waals surface area contributed by atoms with Gasteiger partial charge in [-0.05, 0) is 62.6 Å². The first-order chi connectivity index (χ1) is 12.8. The molecule has 0 fully saturated rings. The number of fused-ring (bicyclic) bond motifs is 5. The summed E-state index contributed by atoms with van der Waals surface area (Å²) < 4.78 is 1.14. The molecule has 26 heavy (non-hydrogen) atoms. The summed E-state index contributed by atoms with van der Waals surface area (Å²) in [6.45, 7) is 3.88. The number of aryl methyl sites for hydroxylation is 2. The third kappa shape index (κ3) is 3.16. The van der Waals surface area contributed by atoms with Crippen LogP contribution in [0, 0.1) is 0 Å². The van der Waals surface area contributed by atoms with Crippen molar-refractivity contribution in [3.63, 3.8) is 0 Å². The van der Waals surface area contributed by atoms with Crippen LogP contribution in [0.25, 0.3) is 20.4 Å². The average molecular weight is 370 g/mol. The molecule has 0 bridgehead atoms. The first-order valence-electron chi connectivity index (χ1n) is 9.85. The van der Waals surface area contributed by atoms with Crippen LogP contribution in [-0.4, -0.2) is 28.0 Å². The second-order valence-corrected chi connectivity index (χ2v) is 8.08. The second kappa shape index (κ2) is 7.84. The lowest BCUT2D eigenvalue weighted by molar-refractivity contribution is 0.770. The summed E-state index contributed by atoms with van der Waals surface area (Å²) in [5.41, 5.74) is 11.0. The van der Waals surface area contributed by atoms with Gasteiger partial charge in [0.15, 0.2) is 0 Å². The van der Waals surface area contributed by atoms with Crippen LogP contribution < -0.4 is 11.1 Å². The van der Waals surface area contributed by atoms with Crippen molar-refractivity contribution in [3.8, 4) is 0 Å². The van der Waals surface area contributed by atoms with E-state index < -0.39 is 0 Å². The van der Waals surface area contributed by atoms with Gasteiger partial charge in [0.2, 0.25) is 0 Å². The highest BCUT2D eigenvalue weighted by Gasteiger charge is 2.23. The molecule has 0 unspecified atom stereocenters. The molecule has 0 atom stereocenters. The number of nitrogens with two attached hydrogens (primary N) is 1. The number of unbranched alkanes of at least 4 members (excludes halogenated alkanes) is 2. The molecule has 0 radical (unpaired) electrons. The fraction of sp³-hybridized carbons (Fsp3) is 0.550. The lowest BCUT2D eigenvalue weighted by atomic mass is 10.0. The summed E-state index contributed by atoms with van der Waals surface area (Å²) in [4.78, 5) is 15.4. The highest BCUT2D eigenvalue weighted by atomic mass is 32.1. The summed E-state index contributed by atoms with van der Waals surface area (Å²) in [5.74, 6) is 0.942. The van der Waals surface area contributed by atoms with Crippen molar-refractivity contribution in [3.05, 3.63) is 23.1 Å². The molecule has 0 saturated carbocycles. The molecule has 3 aromatic rings. The Hall–Kier alpha value is -1.79. The zero-order chi connectivity index (χ0) is 17.9. The Morgan fingerprint density at radius 3 is 2.88 bits per heavy atom. The van der Waals surface area contributed by atoms with Crippen molar-refractivity contribution >= 4 is 37.6 Å². The Kier molecular flexibility index (Phi) is 5.31. The fourth-order valence-corrected chi connectivity index (χ4v) is 5.07. The molecule has 3 N–H and O–H groups in total. The van der Waals surface area contributed by atoms with E-state index in [1.807, 2.05) is 0 Å². The van der Waals surface area contributed by atoms with E-state index >= 15 is 0 Å². The van der Waals surface area contributed by atoms with E-state index in [9.17, 15) is 0 Å². The summed E-state index contributed by atoms with van der Waals surface area (Å²) in [5, 5.41) is 4.76. The molecule has 0 saturated heterocycles. The van der Waals surface area contributed by atoms with Gasteiger partial charge >= 0.3 is 0 Å². The largest absolute Gasteiger partial charge is 0.369 e. The second-order valence-electron chi connectivity index (χ2n) is 7.08. The van der Waals surface area contributed by atoms with Crippen molar-refractivity contribution in [1.82, 2.24) is 15.0 Å². The van der Waals surface area contributed by atoms with Crippen LogP contribution in [-0.2, 0) is 19.3 Å². The molecule has 1 aliphatic rings. The van der Waals surface area contributed by atoms with E-state index in [1.165, 1.54) is 47.9 Å². The molecule has 3 heterocycles. The van der Waals surface area contributed by atoms with Crippen LogP contribution in [0.1, 0.15) is 55.8 Å². The molecule has 4 rings (SSSR count). The maximum atomic E-state index is 5.59. The first kappa shape index (κ1) is 17.6. The van der Waals surface area contributed by atoms with E-state index in [0.717, 1.165) is 59.6 Å². The monoisotopic (exact) mass is 369 g/mol. The molecule has 138 valence electrons. The number of nitrogens with one attached hydrogen (secondary N) is 1. The Bertz CT molecular complexity index is 918. The van der Waals surface area contributed by atoms with Crippen molar-refractivity contribution in [2.45, 2.75) is 58.3 Å². The minimum atomic E-state index is 0.736. The number of pyridine rings is 1. The fourth-order valence-electron chi connectivity index (χ4n) is 3.93. The Morgan fingerprint density at radius 2 is 2.04 bits per heavy atom. The molecule has 0 aromatic carbocycles. The molecule has 0 aliphatic heterocycles. The summed E-state index contributed by atoms with van der Waals surface area (Å²) in [6, 6.07) is 0. The molecule has 1 aliphatic carbocycles. The van der Waals surface area contributed by atoms with Crippen molar-refractivity contribution < 1.29 is 0 Å². The Morgan fingerprint density at radius 1 is 1.15 bits per heavy atom. The van der Waals surface area contributed by atoms with Gasteiger partial charge in [0.1, 0.15) is 17.0 Å². The summed E-state index contributed by atoms with van der Waals surface area (Å²) in [7, 11) is 0. The van der Waals surface area contributed by atoms with Crippen molar-refractivity contribution in [2.75, 3.05) is 18.4 Å². The average Bonchev–Trinajstić information content (AvgIpc) is 3.27. The van der Waals surface area contributed by atoms with Crippen LogP contribution in [0.15, 0.2) is 6.33 Å². The molecule has 0 spiro atoms. The minimum Gasteiger partial charge on any atom is -0.369 e. The van der Waals surface area contributed by atoms with Crippen molar-refractivity contribution in [2.24, 2.45) is 5.73 Å². The smallest absolute Gasteiger partial charge is 0.147 e. The Labute approximate surface area is 158 Å². The van der Waals surface area contributed by atoms with Gasteiger partial charge in [-0.25, -0.2) is 15.0 Å². The minimum absolute atomic E-state index is 0.736. The molecule has 6 heteroatoms. The maximum Gasteiger partial charge on any atom is 0.147 e. The lowest BCUT2D eigenvalue weighted by Gasteiger charge is -2.08. The normalized spacial score (nSPS) is 13.6. The number of aromatic nitrogens is 3. The Balaban J connectivity index is 1.78. The van der Waals surface area contributed by atoms with Gasteiger partial charge < -0.3 is 11.1 Å². The van der Waals surface area contributed by atoms with Gasteiger partial charge in [0, 0.05) is 17.6 Å². The van der Waals surface area contributed by atoms with Gasteiger partial charge in [0.05, 0.1) is 10.2 Å². The zero-order valence-electron chi connectivity index (χ0n) is 15.5. The van der Waals surface area contributed by atoms with E-state index in [4.69, 9.17) is 10.7 Å². The highest BCUT2D eigenvalue weighted by molar-refractivity contribution is 7.26. The number of rotatable bonds is 8. The van der Waals surface area contributed by atoms with E-state index in [-0.39, 0.29) is 0 Å². The predicted molar refractivity (Wildman–Crippen MR) is 110 cm³/mol. The quantitative estimate of drug-likeness (QED) is 0.581. The van der Waals surface area contributed by atoms with Gasteiger partial charge in [-0.1, -0.05) is 13.3 Å².